The highest BCUT2D eigenvalue weighted by Crippen LogP contribution is 2.44. The minimum Gasteiger partial charge on any atom is -0.368 e. The standard InChI is InChI=1S/C23H29ClN6O3/c1-2-30-10-5-6-14(30)13-26-21-16(12-25)20(24)27-22(28-21)18-15-8-11-32-23(19(15)33-29-18)9-4-3-7-17(23)31/h12,14,25H,2-11,13H2,1H3,(H,26,27,28). The fourth-order valence-electron chi connectivity index (χ4n) is 5.39. The number of hydrogen-bond acceptors (Lipinski definition) is 9. The molecule has 3 aliphatic rings. The summed E-state index contributed by atoms with van der Waals surface area (Å²) in [6.07, 6.45) is 6.90. The fraction of sp³-hybridized carbons (Fsp3) is 0.609. The van der Waals surface area contributed by atoms with Crippen LogP contribution in [-0.2, 0) is 21.6 Å². The Morgan fingerprint density at radius 2 is 2.18 bits per heavy atom. The predicted molar refractivity (Wildman–Crippen MR) is 124 cm³/mol. The van der Waals surface area contributed by atoms with Crippen LogP contribution in [0.2, 0.25) is 5.15 Å². The van der Waals surface area contributed by atoms with Crippen LogP contribution < -0.4 is 5.32 Å². The average molecular weight is 473 g/mol. The molecule has 2 atom stereocenters. The van der Waals surface area contributed by atoms with E-state index in [2.05, 4.69) is 27.3 Å². The minimum atomic E-state index is -1.04. The van der Waals surface area contributed by atoms with Crippen molar-refractivity contribution in [3.8, 4) is 11.5 Å². The number of ether oxygens (including phenoxy) is 1. The Hall–Kier alpha value is -2.36. The summed E-state index contributed by atoms with van der Waals surface area (Å²) in [5.74, 6) is 1.38. The lowest BCUT2D eigenvalue weighted by Crippen LogP contribution is -2.44. The third-order valence-corrected chi connectivity index (χ3v) is 7.44. The number of nitrogens with zero attached hydrogens (tertiary/aromatic N) is 4. The lowest BCUT2D eigenvalue weighted by molar-refractivity contribution is -0.157. The van der Waals surface area contributed by atoms with Crippen LogP contribution in [0, 0.1) is 5.41 Å². The largest absolute Gasteiger partial charge is 0.368 e. The van der Waals surface area contributed by atoms with Crippen LogP contribution in [0.15, 0.2) is 4.52 Å². The van der Waals surface area contributed by atoms with E-state index in [0.717, 1.165) is 37.9 Å². The van der Waals surface area contributed by atoms with E-state index in [1.807, 2.05) is 0 Å². The maximum Gasteiger partial charge on any atom is 0.186 e. The van der Waals surface area contributed by atoms with Gasteiger partial charge >= 0.3 is 0 Å². The molecule has 0 amide bonds. The van der Waals surface area contributed by atoms with E-state index < -0.39 is 5.60 Å². The van der Waals surface area contributed by atoms with Crippen molar-refractivity contribution in [2.45, 2.75) is 63.5 Å². The number of fused-ring (bicyclic) bond motifs is 2. The first kappa shape index (κ1) is 22.4. The third kappa shape index (κ3) is 3.86. The molecule has 2 fully saturated rings. The highest BCUT2D eigenvalue weighted by atomic mass is 35.5. The molecule has 0 radical (unpaired) electrons. The van der Waals surface area contributed by atoms with Gasteiger partial charge in [0.05, 0.1) is 12.2 Å². The molecule has 10 heteroatoms. The molecule has 176 valence electrons. The molecule has 2 aromatic rings. The van der Waals surface area contributed by atoms with Gasteiger partial charge in [0.1, 0.15) is 11.0 Å². The number of carbonyl (C=O) groups excluding carboxylic acids is 1. The summed E-state index contributed by atoms with van der Waals surface area (Å²) in [6, 6.07) is 0.417. The highest BCUT2D eigenvalue weighted by molar-refractivity contribution is 6.32. The first-order valence-electron chi connectivity index (χ1n) is 11.8. The molecule has 4 heterocycles. The quantitative estimate of drug-likeness (QED) is 0.483. The number of hydrogen-bond donors (Lipinski definition) is 2. The molecule has 0 aromatic carbocycles. The van der Waals surface area contributed by atoms with Gasteiger partial charge in [-0.25, -0.2) is 9.97 Å². The number of anilines is 1. The van der Waals surface area contributed by atoms with Crippen molar-refractivity contribution in [2.24, 2.45) is 0 Å². The number of carbonyl (C=O) groups is 1. The van der Waals surface area contributed by atoms with Gasteiger partial charge in [0.25, 0.3) is 0 Å². The molecule has 2 aliphatic heterocycles. The Morgan fingerprint density at radius 1 is 1.30 bits per heavy atom. The lowest BCUT2D eigenvalue weighted by atomic mass is 9.78. The number of likely N-dealkylation sites (tertiary alicyclic amines) is 1. The summed E-state index contributed by atoms with van der Waals surface area (Å²) in [4.78, 5) is 24.4. The third-order valence-electron chi connectivity index (χ3n) is 7.15. The van der Waals surface area contributed by atoms with Crippen LogP contribution in [-0.4, -0.2) is 64.3 Å². The summed E-state index contributed by atoms with van der Waals surface area (Å²) in [7, 11) is 0. The maximum atomic E-state index is 12.8. The molecule has 2 aromatic heterocycles. The van der Waals surface area contributed by atoms with Crippen molar-refractivity contribution in [2.75, 3.05) is 31.6 Å². The molecular weight excluding hydrogens is 444 g/mol. The normalized spacial score (nSPS) is 25.4. The van der Waals surface area contributed by atoms with Crippen molar-refractivity contribution in [3.63, 3.8) is 0 Å². The fourth-order valence-corrected chi connectivity index (χ4v) is 5.61. The number of nitrogens with one attached hydrogen (secondary N) is 2. The topological polar surface area (TPSA) is 117 Å². The molecule has 33 heavy (non-hydrogen) atoms. The number of ketones is 1. The number of Topliss-reactive ketones (excluding diaryl/α,β-unsaturated/α-hetero) is 1. The van der Waals surface area contributed by atoms with E-state index in [1.165, 1.54) is 12.6 Å². The van der Waals surface area contributed by atoms with Crippen molar-refractivity contribution in [3.05, 3.63) is 22.0 Å². The monoisotopic (exact) mass is 472 g/mol. The van der Waals surface area contributed by atoms with Crippen molar-refractivity contribution >= 4 is 29.4 Å². The molecule has 1 spiro atoms. The molecule has 1 saturated carbocycles. The van der Waals surface area contributed by atoms with Gasteiger partial charge in [0, 0.05) is 37.2 Å². The average Bonchev–Trinajstić information content (AvgIpc) is 3.47. The number of aromatic nitrogens is 3. The summed E-state index contributed by atoms with van der Waals surface area (Å²) >= 11 is 6.46. The summed E-state index contributed by atoms with van der Waals surface area (Å²) in [5, 5.41) is 15.7. The van der Waals surface area contributed by atoms with E-state index in [1.54, 1.807) is 0 Å². The zero-order valence-electron chi connectivity index (χ0n) is 18.8. The molecule has 5 rings (SSSR count). The first-order valence-corrected chi connectivity index (χ1v) is 12.2. The zero-order valence-corrected chi connectivity index (χ0v) is 19.6. The van der Waals surface area contributed by atoms with Gasteiger partial charge in [0.15, 0.2) is 28.7 Å². The van der Waals surface area contributed by atoms with E-state index in [-0.39, 0.29) is 10.9 Å². The summed E-state index contributed by atoms with van der Waals surface area (Å²) in [6.45, 7) is 5.40. The van der Waals surface area contributed by atoms with Crippen molar-refractivity contribution in [1.29, 1.82) is 5.41 Å². The van der Waals surface area contributed by atoms with Gasteiger partial charge < -0.3 is 20.0 Å². The second-order valence-electron chi connectivity index (χ2n) is 8.94. The second kappa shape index (κ2) is 9.12. The van der Waals surface area contributed by atoms with Crippen LogP contribution in [0.4, 0.5) is 5.82 Å². The van der Waals surface area contributed by atoms with E-state index in [9.17, 15) is 4.79 Å². The summed E-state index contributed by atoms with van der Waals surface area (Å²) in [5.41, 5.74) is 0.710. The highest BCUT2D eigenvalue weighted by Gasteiger charge is 2.50. The Bertz CT molecular complexity index is 1070. The Balaban J connectivity index is 1.49. The molecule has 2 N–H and O–H groups in total. The van der Waals surface area contributed by atoms with Gasteiger partial charge in [-0.1, -0.05) is 23.7 Å². The molecule has 1 saturated heterocycles. The Morgan fingerprint density at radius 3 is 2.97 bits per heavy atom. The van der Waals surface area contributed by atoms with Crippen molar-refractivity contribution in [1.82, 2.24) is 20.0 Å². The number of rotatable bonds is 6. The van der Waals surface area contributed by atoms with Crippen LogP contribution >= 0.6 is 11.6 Å². The number of likely N-dealkylation sites (N-methyl/N-ethyl adjacent to an activating group) is 1. The molecule has 2 unspecified atom stereocenters. The van der Waals surface area contributed by atoms with Gasteiger partial charge in [-0.15, -0.1) is 0 Å². The van der Waals surface area contributed by atoms with Crippen LogP contribution in [0.3, 0.4) is 0 Å². The van der Waals surface area contributed by atoms with Gasteiger partial charge in [-0.05, 0) is 45.2 Å². The first-order chi connectivity index (χ1) is 16.1. The Labute approximate surface area is 197 Å². The van der Waals surface area contributed by atoms with Crippen LogP contribution in [0.1, 0.15) is 62.3 Å². The molecule has 9 nitrogen and oxygen atoms in total. The van der Waals surface area contributed by atoms with Gasteiger partial charge in [-0.3, -0.25) is 9.69 Å². The van der Waals surface area contributed by atoms with Gasteiger partial charge in [-0.2, -0.15) is 0 Å². The Kier molecular flexibility index (Phi) is 6.20. The molecule has 0 bridgehead atoms. The predicted octanol–water partition coefficient (Wildman–Crippen LogP) is 3.59. The van der Waals surface area contributed by atoms with Gasteiger partial charge in [0.2, 0.25) is 0 Å². The molecular formula is C23H29ClN6O3. The van der Waals surface area contributed by atoms with Crippen molar-refractivity contribution < 1.29 is 14.1 Å². The SMILES string of the molecule is CCN1CCCC1CNc1nc(-c2noc3c2CCOC32CCCCC2=O)nc(Cl)c1C=N. The van der Waals surface area contributed by atoms with Crippen LogP contribution in [0.25, 0.3) is 11.5 Å². The van der Waals surface area contributed by atoms with Crippen LogP contribution in [0.5, 0.6) is 0 Å². The summed E-state index contributed by atoms with van der Waals surface area (Å²) < 4.78 is 11.7. The number of halogens is 1. The second-order valence-corrected chi connectivity index (χ2v) is 9.30. The minimum absolute atomic E-state index is 0.0508. The lowest BCUT2D eigenvalue weighted by Gasteiger charge is -2.36. The maximum absolute atomic E-state index is 12.8. The van der Waals surface area contributed by atoms with E-state index >= 15 is 0 Å². The smallest absolute Gasteiger partial charge is 0.186 e. The molecule has 1 aliphatic carbocycles. The van der Waals surface area contributed by atoms with E-state index in [4.69, 9.17) is 31.3 Å². The zero-order chi connectivity index (χ0) is 23.0. The van der Waals surface area contributed by atoms with E-state index in [0.29, 0.717) is 67.1 Å².